The Bertz CT molecular complexity index is 796. The van der Waals surface area contributed by atoms with Crippen molar-refractivity contribution >= 4 is 23.8 Å². The summed E-state index contributed by atoms with van der Waals surface area (Å²) in [6.07, 6.45) is -0.326. The highest BCUT2D eigenvalue weighted by molar-refractivity contribution is 5.87. The van der Waals surface area contributed by atoms with Gasteiger partial charge in [0.05, 0.1) is 19.4 Å². The summed E-state index contributed by atoms with van der Waals surface area (Å²) in [5.41, 5.74) is 11.2. The molecule has 12 heteroatoms. The predicted molar refractivity (Wildman–Crippen MR) is 110 cm³/mol. The van der Waals surface area contributed by atoms with E-state index in [4.69, 9.17) is 16.2 Å². The first kappa shape index (κ1) is 25.3. The summed E-state index contributed by atoms with van der Waals surface area (Å²) in [5, 5.41) is 10.9. The fourth-order valence-corrected chi connectivity index (χ4v) is 2.65. The third-order valence-corrected chi connectivity index (χ3v) is 4.25. The number of rotatable bonds is 12. The Morgan fingerprint density at radius 3 is 2.42 bits per heavy atom. The Morgan fingerprint density at radius 2 is 1.87 bits per heavy atom. The van der Waals surface area contributed by atoms with Gasteiger partial charge in [-0.25, -0.2) is 14.9 Å². The minimum Gasteiger partial charge on any atom is -0.469 e. The minimum absolute atomic E-state index is 0.0995. The number of benzene rings is 1. The number of nitro groups is 1. The van der Waals surface area contributed by atoms with Crippen molar-refractivity contribution in [3.05, 3.63) is 46.0 Å². The van der Waals surface area contributed by atoms with E-state index in [0.29, 0.717) is 5.56 Å². The molecule has 0 aliphatic heterocycles. The standard InChI is InChI=1S/C19H27N5O7/c1-13(11-16(25)30-2)17(26)23(24(28)29)15(9-6-10-22-19(20)21)18(27)31-12-14-7-4-3-5-8-14/h3-5,7-8,13,15H,6,9-12H2,1-2H3,(H4,20,21,22)/t13?,15-/m0/s1. The predicted octanol–water partition coefficient (Wildman–Crippen LogP) is 0.372. The maximum Gasteiger partial charge on any atom is 0.335 e. The summed E-state index contributed by atoms with van der Waals surface area (Å²) in [4.78, 5) is 52.3. The van der Waals surface area contributed by atoms with Crippen LogP contribution in [0, 0.1) is 16.0 Å². The molecule has 0 heterocycles. The highest BCUT2D eigenvalue weighted by Gasteiger charge is 2.42. The monoisotopic (exact) mass is 437 g/mol. The molecule has 31 heavy (non-hydrogen) atoms. The number of nitrogens with two attached hydrogens (primary N) is 2. The Labute approximate surface area is 179 Å². The zero-order valence-corrected chi connectivity index (χ0v) is 17.4. The number of guanidine groups is 1. The largest absolute Gasteiger partial charge is 0.469 e. The van der Waals surface area contributed by atoms with E-state index in [0.717, 1.165) is 7.11 Å². The third kappa shape index (κ3) is 8.68. The third-order valence-electron chi connectivity index (χ3n) is 4.25. The SMILES string of the molecule is COC(=O)CC(C)C(=O)N([C@@H](CCCN=C(N)N)C(=O)OCc1ccccc1)[N+](=O)[O-]. The van der Waals surface area contributed by atoms with Gasteiger partial charge in [0, 0.05) is 6.54 Å². The van der Waals surface area contributed by atoms with Crippen LogP contribution in [0.4, 0.5) is 0 Å². The van der Waals surface area contributed by atoms with Crippen LogP contribution >= 0.6 is 0 Å². The molecule has 0 saturated carbocycles. The van der Waals surface area contributed by atoms with Crippen LogP contribution in [-0.4, -0.2) is 53.5 Å². The van der Waals surface area contributed by atoms with E-state index in [-0.39, 0.29) is 43.4 Å². The quantitative estimate of drug-likeness (QED) is 0.117. The number of ether oxygens (including phenoxy) is 2. The van der Waals surface area contributed by atoms with Gasteiger partial charge in [0.25, 0.3) is 5.91 Å². The lowest BCUT2D eigenvalue weighted by Crippen LogP contribution is -2.51. The van der Waals surface area contributed by atoms with Crippen molar-refractivity contribution in [1.29, 1.82) is 0 Å². The van der Waals surface area contributed by atoms with Crippen LogP contribution in [0.2, 0.25) is 0 Å². The molecule has 1 aromatic carbocycles. The molecular formula is C19H27N5O7. The second-order valence-electron chi connectivity index (χ2n) is 6.66. The molecule has 0 bridgehead atoms. The number of methoxy groups -OCH3 is 1. The number of hydrazine groups is 1. The highest BCUT2D eigenvalue weighted by atomic mass is 16.7. The number of nitrogens with zero attached hydrogens (tertiary/aromatic N) is 3. The number of carbonyl (C=O) groups excluding carboxylic acids is 3. The summed E-state index contributed by atoms with van der Waals surface area (Å²) < 4.78 is 9.72. The normalized spacial score (nSPS) is 12.2. The van der Waals surface area contributed by atoms with Crippen LogP contribution in [0.3, 0.4) is 0 Å². The van der Waals surface area contributed by atoms with Crippen LogP contribution in [0.1, 0.15) is 31.7 Å². The number of amides is 1. The van der Waals surface area contributed by atoms with Crippen molar-refractivity contribution in [2.75, 3.05) is 13.7 Å². The average Bonchev–Trinajstić information content (AvgIpc) is 2.73. The Balaban J connectivity index is 3.03. The lowest BCUT2D eigenvalue weighted by molar-refractivity contribution is -0.641. The van der Waals surface area contributed by atoms with E-state index >= 15 is 0 Å². The molecule has 0 aliphatic carbocycles. The topological polar surface area (TPSA) is 180 Å². The fraction of sp³-hybridized carbons (Fsp3) is 0.474. The minimum atomic E-state index is -1.53. The van der Waals surface area contributed by atoms with Crippen molar-refractivity contribution in [3.8, 4) is 0 Å². The van der Waals surface area contributed by atoms with E-state index < -0.39 is 34.8 Å². The van der Waals surface area contributed by atoms with Gasteiger partial charge in [-0.15, -0.1) is 0 Å². The van der Waals surface area contributed by atoms with Crippen molar-refractivity contribution in [2.24, 2.45) is 22.4 Å². The molecule has 0 saturated heterocycles. The van der Waals surface area contributed by atoms with Gasteiger partial charge in [0.15, 0.2) is 17.0 Å². The van der Waals surface area contributed by atoms with Gasteiger partial charge in [-0.2, -0.15) is 0 Å². The summed E-state index contributed by atoms with van der Waals surface area (Å²) in [7, 11) is 1.14. The molecule has 2 atom stereocenters. The number of esters is 2. The van der Waals surface area contributed by atoms with Gasteiger partial charge >= 0.3 is 11.9 Å². The summed E-state index contributed by atoms with van der Waals surface area (Å²) in [5.74, 6) is -3.93. The summed E-state index contributed by atoms with van der Waals surface area (Å²) in [6, 6.07) is 7.19. The Kier molecular flexibility index (Phi) is 10.4. The van der Waals surface area contributed by atoms with E-state index in [2.05, 4.69) is 9.73 Å². The first-order chi connectivity index (χ1) is 14.7. The molecule has 1 unspecified atom stereocenters. The molecule has 0 spiro atoms. The first-order valence-electron chi connectivity index (χ1n) is 9.47. The molecule has 0 aromatic heterocycles. The highest BCUT2D eigenvalue weighted by Crippen LogP contribution is 2.17. The molecule has 12 nitrogen and oxygen atoms in total. The lowest BCUT2D eigenvalue weighted by Gasteiger charge is -2.23. The number of carbonyl (C=O) groups is 3. The van der Waals surface area contributed by atoms with Gasteiger partial charge in [-0.05, 0) is 23.4 Å². The Morgan fingerprint density at radius 1 is 1.23 bits per heavy atom. The lowest BCUT2D eigenvalue weighted by atomic mass is 10.0. The molecule has 1 aromatic rings. The van der Waals surface area contributed by atoms with Crippen molar-refractivity contribution in [1.82, 2.24) is 5.01 Å². The second-order valence-corrected chi connectivity index (χ2v) is 6.66. The van der Waals surface area contributed by atoms with Crippen LogP contribution in [0.5, 0.6) is 0 Å². The van der Waals surface area contributed by atoms with E-state index in [9.17, 15) is 24.5 Å². The van der Waals surface area contributed by atoms with E-state index in [1.165, 1.54) is 6.92 Å². The number of hydrogen-bond donors (Lipinski definition) is 2. The Hall–Kier alpha value is -3.70. The van der Waals surface area contributed by atoms with Gasteiger partial charge < -0.3 is 20.9 Å². The maximum atomic E-state index is 12.7. The average molecular weight is 437 g/mol. The van der Waals surface area contributed by atoms with Gasteiger partial charge in [0.2, 0.25) is 0 Å². The van der Waals surface area contributed by atoms with Crippen molar-refractivity contribution in [2.45, 2.75) is 38.8 Å². The first-order valence-corrected chi connectivity index (χ1v) is 9.47. The van der Waals surface area contributed by atoms with Crippen LogP contribution in [0.25, 0.3) is 0 Å². The van der Waals surface area contributed by atoms with Crippen LogP contribution in [0.15, 0.2) is 35.3 Å². The molecule has 170 valence electrons. The van der Waals surface area contributed by atoms with Gasteiger partial charge in [-0.3, -0.25) is 14.6 Å². The van der Waals surface area contributed by atoms with E-state index in [1.54, 1.807) is 30.3 Å². The summed E-state index contributed by atoms with van der Waals surface area (Å²) >= 11 is 0. The smallest absolute Gasteiger partial charge is 0.335 e. The van der Waals surface area contributed by atoms with Crippen molar-refractivity contribution in [3.63, 3.8) is 0 Å². The van der Waals surface area contributed by atoms with Gasteiger partial charge in [0.1, 0.15) is 6.61 Å². The number of hydrogen-bond acceptors (Lipinski definition) is 8. The van der Waals surface area contributed by atoms with Crippen molar-refractivity contribution < 1.29 is 28.9 Å². The second kappa shape index (κ2) is 12.8. The molecule has 0 aliphatic rings. The molecule has 1 rings (SSSR count). The summed E-state index contributed by atoms with van der Waals surface area (Å²) in [6.45, 7) is 1.31. The zero-order valence-electron chi connectivity index (χ0n) is 17.4. The van der Waals surface area contributed by atoms with Crippen LogP contribution in [-0.2, 0) is 30.5 Å². The van der Waals surface area contributed by atoms with Crippen LogP contribution < -0.4 is 11.5 Å². The molecular weight excluding hydrogens is 410 g/mol. The van der Waals surface area contributed by atoms with Gasteiger partial charge in [-0.1, -0.05) is 37.3 Å². The molecule has 0 fully saturated rings. The molecule has 4 N–H and O–H groups in total. The molecule has 1 amide bonds. The maximum absolute atomic E-state index is 12.7. The number of aliphatic imine (C=N–C) groups is 1. The fourth-order valence-electron chi connectivity index (χ4n) is 2.65. The zero-order chi connectivity index (χ0) is 23.4. The molecule has 0 radical (unpaired) electrons. The van der Waals surface area contributed by atoms with E-state index in [1.807, 2.05) is 0 Å².